The highest BCUT2D eigenvalue weighted by Crippen LogP contribution is 2.21. The second-order valence-electron chi connectivity index (χ2n) is 6.37. The molecule has 1 aromatic rings. The number of rotatable bonds is 6. The first-order valence-corrected chi connectivity index (χ1v) is 8.25. The molecular formula is C19H24FNO2. The van der Waals surface area contributed by atoms with E-state index in [2.05, 4.69) is 4.90 Å². The van der Waals surface area contributed by atoms with Gasteiger partial charge in [-0.1, -0.05) is 26.0 Å². The second kappa shape index (κ2) is 8.04. The number of nitrogens with zero attached hydrogens (tertiary/aromatic N) is 1. The summed E-state index contributed by atoms with van der Waals surface area (Å²) in [6.07, 6.45) is 5.05. The van der Waals surface area contributed by atoms with Crippen LogP contribution in [0.15, 0.2) is 30.5 Å². The molecule has 1 fully saturated rings. The van der Waals surface area contributed by atoms with Crippen LogP contribution in [0, 0.1) is 11.7 Å². The summed E-state index contributed by atoms with van der Waals surface area (Å²) >= 11 is 0. The van der Waals surface area contributed by atoms with Crippen molar-refractivity contribution in [2.75, 3.05) is 13.1 Å². The monoisotopic (exact) mass is 317 g/mol. The fourth-order valence-corrected chi connectivity index (χ4v) is 2.65. The second-order valence-corrected chi connectivity index (χ2v) is 6.37. The summed E-state index contributed by atoms with van der Waals surface area (Å²) in [6, 6.07) is 6.02. The molecule has 0 aromatic heterocycles. The van der Waals surface area contributed by atoms with Crippen LogP contribution in [0.3, 0.4) is 0 Å². The standard InChI is InChI=1S/C19H24FNO2/c1-14(2)18(22)12-19(23)17(13-21-9-4-3-5-10-21)15-7-6-8-16(20)11-15/h6-8,11,13-14H,3-5,9-10,12H2,1-2H3/b17-13-. The highest BCUT2D eigenvalue weighted by Gasteiger charge is 2.20. The van der Waals surface area contributed by atoms with E-state index >= 15 is 0 Å². The van der Waals surface area contributed by atoms with Crippen molar-refractivity contribution < 1.29 is 14.0 Å². The van der Waals surface area contributed by atoms with E-state index in [0.717, 1.165) is 25.9 Å². The molecule has 3 nitrogen and oxygen atoms in total. The fourth-order valence-electron chi connectivity index (χ4n) is 2.65. The zero-order chi connectivity index (χ0) is 16.8. The topological polar surface area (TPSA) is 37.4 Å². The minimum absolute atomic E-state index is 0.0871. The van der Waals surface area contributed by atoms with Gasteiger partial charge >= 0.3 is 0 Å². The average molecular weight is 317 g/mol. The Bertz CT molecular complexity index is 601. The molecule has 4 heteroatoms. The van der Waals surface area contributed by atoms with Crippen molar-refractivity contribution in [3.8, 4) is 0 Å². The van der Waals surface area contributed by atoms with Crippen LogP contribution in [0.5, 0.6) is 0 Å². The predicted octanol–water partition coefficient (Wildman–Crippen LogP) is 3.84. The van der Waals surface area contributed by atoms with E-state index in [4.69, 9.17) is 0 Å². The number of halogens is 1. The Hall–Kier alpha value is -1.97. The van der Waals surface area contributed by atoms with Crippen LogP contribution in [0.4, 0.5) is 4.39 Å². The lowest BCUT2D eigenvalue weighted by atomic mass is 9.95. The highest BCUT2D eigenvalue weighted by molar-refractivity contribution is 6.25. The highest BCUT2D eigenvalue weighted by atomic mass is 19.1. The lowest BCUT2D eigenvalue weighted by Crippen LogP contribution is -2.26. The van der Waals surface area contributed by atoms with E-state index in [9.17, 15) is 14.0 Å². The van der Waals surface area contributed by atoms with Crippen LogP contribution in [0.2, 0.25) is 0 Å². The number of piperidine rings is 1. The van der Waals surface area contributed by atoms with Gasteiger partial charge in [-0.25, -0.2) is 4.39 Å². The Balaban J connectivity index is 2.28. The van der Waals surface area contributed by atoms with E-state index in [-0.39, 0.29) is 29.7 Å². The first-order valence-electron chi connectivity index (χ1n) is 8.25. The molecule has 2 rings (SSSR count). The molecule has 0 N–H and O–H groups in total. The molecule has 0 aliphatic carbocycles. The quantitative estimate of drug-likeness (QED) is 0.591. The Morgan fingerprint density at radius 3 is 2.52 bits per heavy atom. The van der Waals surface area contributed by atoms with Gasteiger partial charge in [0.15, 0.2) is 5.78 Å². The number of hydrogen-bond donors (Lipinski definition) is 0. The van der Waals surface area contributed by atoms with Crippen LogP contribution >= 0.6 is 0 Å². The van der Waals surface area contributed by atoms with Crippen molar-refractivity contribution in [3.63, 3.8) is 0 Å². The molecule has 1 aliphatic rings. The minimum Gasteiger partial charge on any atom is -0.377 e. The van der Waals surface area contributed by atoms with Crippen molar-refractivity contribution >= 4 is 17.1 Å². The molecule has 0 atom stereocenters. The van der Waals surface area contributed by atoms with Crippen molar-refractivity contribution in [2.24, 2.45) is 5.92 Å². The van der Waals surface area contributed by atoms with Crippen molar-refractivity contribution in [2.45, 2.75) is 39.5 Å². The average Bonchev–Trinajstić information content (AvgIpc) is 2.53. The van der Waals surface area contributed by atoms with Crippen molar-refractivity contribution in [1.82, 2.24) is 4.90 Å². The van der Waals surface area contributed by atoms with E-state index in [1.54, 1.807) is 26.0 Å². The fraction of sp³-hybridized carbons (Fsp3) is 0.474. The van der Waals surface area contributed by atoms with Gasteiger partial charge < -0.3 is 4.90 Å². The Kier molecular flexibility index (Phi) is 6.08. The van der Waals surface area contributed by atoms with E-state index in [1.165, 1.54) is 18.6 Å². The van der Waals surface area contributed by atoms with Gasteiger partial charge in [-0.2, -0.15) is 0 Å². The first-order chi connectivity index (χ1) is 11.0. The third kappa shape index (κ3) is 5.02. The summed E-state index contributed by atoms with van der Waals surface area (Å²) in [5.74, 6) is -0.881. The molecule has 1 heterocycles. The lowest BCUT2D eigenvalue weighted by Gasteiger charge is -2.26. The number of ketones is 2. The molecule has 0 spiro atoms. The summed E-state index contributed by atoms with van der Waals surface area (Å²) in [4.78, 5) is 26.6. The SMILES string of the molecule is CC(C)C(=O)CC(=O)/C(=C\N1CCCCC1)c1cccc(F)c1. The van der Waals surface area contributed by atoms with Gasteiger partial charge in [0.05, 0.1) is 6.42 Å². The smallest absolute Gasteiger partial charge is 0.172 e. The molecule has 0 radical (unpaired) electrons. The van der Waals surface area contributed by atoms with Crippen molar-refractivity contribution in [3.05, 3.63) is 41.8 Å². The van der Waals surface area contributed by atoms with Crippen LogP contribution in [-0.2, 0) is 9.59 Å². The number of carbonyl (C=O) groups is 2. The summed E-state index contributed by atoms with van der Waals surface area (Å²) in [7, 11) is 0. The van der Waals surface area contributed by atoms with Gasteiger partial charge in [-0.3, -0.25) is 9.59 Å². The maximum Gasteiger partial charge on any atom is 0.172 e. The van der Waals surface area contributed by atoms with Gasteiger partial charge in [0.25, 0.3) is 0 Å². The number of benzene rings is 1. The van der Waals surface area contributed by atoms with Gasteiger partial charge in [-0.15, -0.1) is 0 Å². The molecule has 1 saturated heterocycles. The number of Topliss-reactive ketones (excluding diaryl/α,β-unsaturated/α-hetero) is 2. The predicted molar refractivity (Wildman–Crippen MR) is 89.3 cm³/mol. The van der Waals surface area contributed by atoms with Crippen LogP contribution in [-0.4, -0.2) is 29.6 Å². The van der Waals surface area contributed by atoms with E-state index < -0.39 is 0 Å². The van der Waals surface area contributed by atoms with Gasteiger partial charge in [0, 0.05) is 30.8 Å². The molecule has 1 aliphatic heterocycles. The molecule has 0 amide bonds. The molecule has 0 bridgehead atoms. The molecule has 23 heavy (non-hydrogen) atoms. The number of likely N-dealkylation sites (tertiary alicyclic amines) is 1. The van der Waals surface area contributed by atoms with Crippen LogP contribution in [0.25, 0.3) is 5.57 Å². The third-order valence-electron chi connectivity index (χ3n) is 4.12. The normalized spacial score (nSPS) is 15.8. The van der Waals surface area contributed by atoms with Gasteiger partial charge in [0.2, 0.25) is 0 Å². The maximum absolute atomic E-state index is 13.5. The maximum atomic E-state index is 13.5. The number of allylic oxidation sites excluding steroid dienone is 1. The largest absolute Gasteiger partial charge is 0.377 e. The molecular weight excluding hydrogens is 293 g/mol. The number of carbonyl (C=O) groups excluding carboxylic acids is 2. The number of hydrogen-bond acceptors (Lipinski definition) is 3. The summed E-state index contributed by atoms with van der Waals surface area (Å²) in [5, 5.41) is 0. The zero-order valence-corrected chi connectivity index (χ0v) is 13.8. The lowest BCUT2D eigenvalue weighted by molar-refractivity contribution is -0.126. The Morgan fingerprint density at radius 1 is 1.22 bits per heavy atom. The minimum atomic E-state index is -0.380. The summed E-state index contributed by atoms with van der Waals surface area (Å²) in [6.45, 7) is 5.35. The molecule has 0 saturated carbocycles. The van der Waals surface area contributed by atoms with Crippen LogP contribution < -0.4 is 0 Å². The van der Waals surface area contributed by atoms with Crippen molar-refractivity contribution in [1.29, 1.82) is 0 Å². The third-order valence-corrected chi connectivity index (χ3v) is 4.12. The molecule has 124 valence electrons. The Labute approximate surface area is 137 Å². The van der Waals surface area contributed by atoms with E-state index in [1.807, 2.05) is 6.20 Å². The summed E-state index contributed by atoms with van der Waals surface area (Å²) < 4.78 is 13.5. The first kappa shape index (κ1) is 17.4. The summed E-state index contributed by atoms with van der Waals surface area (Å²) in [5.41, 5.74) is 0.970. The van der Waals surface area contributed by atoms with Gasteiger partial charge in [-0.05, 0) is 37.0 Å². The molecule has 0 unspecified atom stereocenters. The van der Waals surface area contributed by atoms with Crippen LogP contribution in [0.1, 0.15) is 45.1 Å². The van der Waals surface area contributed by atoms with E-state index in [0.29, 0.717) is 11.1 Å². The van der Waals surface area contributed by atoms with Gasteiger partial charge in [0.1, 0.15) is 11.6 Å². The Morgan fingerprint density at radius 2 is 1.91 bits per heavy atom. The molecule has 1 aromatic carbocycles. The zero-order valence-electron chi connectivity index (χ0n) is 13.8.